The molecule has 3 rings (SSSR count). The van der Waals surface area contributed by atoms with Gasteiger partial charge in [-0.25, -0.2) is 4.39 Å². The Labute approximate surface area is 104 Å². The third-order valence-corrected chi connectivity index (χ3v) is 4.95. The molecule has 92 valence electrons. The monoisotopic (exact) mass is 254 g/mol. The average molecular weight is 254 g/mol. The third kappa shape index (κ3) is 1.93. The van der Waals surface area contributed by atoms with E-state index in [0.29, 0.717) is 23.0 Å². The molecule has 2 aliphatic rings. The zero-order chi connectivity index (χ0) is 12.0. The standard InChI is InChI=1S/C13H15FO2S/c1-8-5-13(7-17-8)6-11(15)10-3-2-9(14)4-12(10)16-13/h2-4,8,11,15H,5-7H2,1H3. The minimum Gasteiger partial charge on any atom is -0.486 e. The second-order valence-corrected chi connectivity index (χ2v) is 6.44. The third-order valence-electron chi connectivity index (χ3n) is 3.52. The SMILES string of the molecule is CC1CC2(CS1)CC(O)c1ccc(F)cc1O2. The van der Waals surface area contributed by atoms with Crippen LogP contribution in [0.2, 0.25) is 0 Å². The Hall–Kier alpha value is -0.740. The molecule has 0 aliphatic carbocycles. The van der Waals surface area contributed by atoms with Gasteiger partial charge in [-0.1, -0.05) is 6.92 Å². The largest absolute Gasteiger partial charge is 0.486 e. The van der Waals surface area contributed by atoms with Crippen LogP contribution in [0.4, 0.5) is 4.39 Å². The van der Waals surface area contributed by atoms with Crippen LogP contribution in [0.15, 0.2) is 18.2 Å². The van der Waals surface area contributed by atoms with Gasteiger partial charge in [0, 0.05) is 29.1 Å². The van der Waals surface area contributed by atoms with Crippen LogP contribution in [0.25, 0.3) is 0 Å². The first-order valence-corrected chi connectivity index (χ1v) is 6.91. The molecule has 1 fully saturated rings. The van der Waals surface area contributed by atoms with Crippen LogP contribution in [0.5, 0.6) is 5.75 Å². The Balaban J connectivity index is 1.97. The van der Waals surface area contributed by atoms with Crippen LogP contribution in [-0.2, 0) is 0 Å². The summed E-state index contributed by atoms with van der Waals surface area (Å²) in [6.45, 7) is 2.16. The molecular weight excluding hydrogens is 239 g/mol. The minimum absolute atomic E-state index is 0.301. The molecule has 17 heavy (non-hydrogen) atoms. The Bertz CT molecular complexity index is 451. The summed E-state index contributed by atoms with van der Waals surface area (Å²) in [6.07, 6.45) is 0.999. The summed E-state index contributed by atoms with van der Waals surface area (Å²) in [7, 11) is 0. The zero-order valence-corrected chi connectivity index (χ0v) is 10.5. The Morgan fingerprint density at radius 1 is 1.47 bits per heavy atom. The molecule has 1 aromatic carbocycles. The molecule has 1 spiro atoms. The summed E-state index contributed by atoms with van der Waals surface area (Å²) in [6, 6.07) is 4.37. The predicted octanol–water partition coefficient (Wildman–Crippen LogP) is 2.91. The van der Waals surface area contributed by atoms with E-state index in [-0.39, 0.29) is 11.4 Å². The Morgan fingerprint density at radius 3 is 3.00 bits per heavy atom. The smallest absolute Gasteiger partial charge is 0.128 e. The highest BCUT2D eigenvalue weighted by Gasteiger charge is 2.45. The average Bonchev–Trinajstić information content (AvgIpc) is 2.58. The van der Waals surface area contributed by atoms with E-state index in [1.54, 1.807) is 6.07 Å². The molecule has 1 aromatic rings. The second kappa shape index (κ2) is 3.89. The van der Waals surface area contributed by atoms with Crippen molar-refractivity contribution < 1.29 is 14.2 Å². The number of halogens is 1. The van der Waals surface area contributed by atoms with Crippen molar-refractivity contribution in [2.45, 2.75) is 36.7 Å². The Kier molecular flexibility index (Phi) is 2.60. The summed E-state index contributed by atoms with van der Waals surface area (Å²) in [4.78, 5) is 0. The fourth-order valence-electron chi connectivity index (χ4n) is 2.76. The number of ether oxygens (including phenoxy) is 1. The van der Waals surface area contributed by atoms with Crippen LogP contribution in [0, 0.1) is 5.82 Å². The van der Waals surface area contributed by atoms with Gasteiger partial charge < -0.3 is 9.84 Å². The van der Waals surface area contributed by atoms with Crippen molar-refractivity contribution in [2.75, 3.05) is 5.75 Å². The lowest BCUT2D eigenvalue weighted by atomic mass is 9.87. The van der Waals surface area contributed by atoms with Crippen molar-refractivity contribution in [3.05, 3.63) is 29.6 Å². The van der Waals surface area contributed by atoms with Gasteiger partial charge >= 0.3 is 0 Å². The molecule has 0 radical (unpaired) electrons. The summed E-state index contributed by atoms with van der Waals surface area (Å²) < 4.78 is 19.2. The van der Waals surface area contributed by atoms with Crippen LogP contribution in [0.1, 0.15) is 31.4 Å². The summed E-state index contributed by atoms with van der Waals surface area (Å²) in [5.74, 6) is 1.08. The predicted molar refractivity (Wildman–Crippen MR) is 65.9 cm³/mol. The Morgan fingerprint density at radius 2 is 2.29 bits per heavy atom. The van der Waals surface area contributed by atoms with Gasteiger partial charge in [0.1, 0.15) is 17.2 Å². The lowest BCUT2D eigenvalue weighted by Gasteiger charge is -2.37. The quantitative estimate of drug-likeness (QED) is 0.772. The number of hydrogen-bond acceptors (Lipinski definition) is 3. The minimum atomic E-state index is -0.537. The first-order chi connectivity index (χ1) is 8.08. The molecule has 2 aliphatic heterocycles. The molecule has 4 heteroatoms. The molecule has 3 atom stereocenters. The number of aliphatic hydroxyl groups is 1. The van der Waals surface area contributed by atoms with Crippen LogP contribution in [-0.4, -0.2) is 21.7 Å². The van der Waals surface area contributed by atoms with Gasteiger partial charge in [-0.15, -0.1) is 0 Å². The molecule has 0 saturated carbocycles. The molecular formula is C13H15FO2S. The zero-order valence-electron chi connectivity index (χ0n) is 9.65. The highest BCUT2D eigenvalue weighted by molar-refractivity contribution is 8.00. The van der Waals surface area contributed by atoms with Crippen molar-refractivity contribution in [1.82, 2.24) is 0 Å². The highest BCUT2D eigenvalue weighted by atomic mass is 32.2. The van der Waals surface area contributed by atoms with Gasteiger partial charge in [-0.2, -0.15) is 11.8 Å². The van der Waals surface area contributed by atoms with Crippen molar-refractivity contribution in [1.29, 1.82) is 0 Å². The molecule has 0 bridgehead atoms. The fraction of sp³-hybridized carbons (Fsp3) is 0.538. The summed E-state index contributed by atoms with van der Waals surface area (Å²) in [5.41, 5.74) is 0.408. The van der Waals surface area contributed by atoms with Gasteiger partial charge in [0.05, 0.1) is 6.10 Å². The molecule has 1 N–H and O–H groups in total. The lowest BCUT2D eigenvalue weighted by molar-refractivity contribution is 0.00123. The van der Waals surface area contributed by atoms with E-state index in [4.69, 9.17) is 4.74 Å². The van der Waals surface area contributed by atoms with E-state index >= 15 is 0 Å². The van der Waals surface area contributed by atoms with Gasteiger partial charge in [0.15, 0.2) is 0 Å². The van der Waals surface area contributed by atoms with Crippen molar-refractivity contribution in [3.8, 4) is 5.75 Å². The van der Waals surface area contributed by atoms with Crippen molar-refractivity contribution in [2.24, 2.45) is 0 Å². The molecule has 2 heterocycles. The molecule has 2 nitrogen and oxygen atoms in total. The normalized spacial score (nSPS) is 35.7. The maximum absolute atomic E-state index is 13.2. The number of hydrogen-bond donors (Lipinski definition) is 1. The van der Waals surface area contributed by atoms with Gasteiger partial charge in [-0.3, -0.25) is 0 Å². The summed E-state index contributed by atoms with van der Waals surface area (Å²) >= 11 is 1.85. The van der Waals surface area contributed by atoms with E-state index in [1.165, 1.54) is 12.1 Å². The molecule has 0 amide bonds. The first kappa shape index (κ1) is 11.4. The number of fused-ring (bicyclic) bond motifs is 1. The van der Waals surface area contributed by atoms with Gasteiger partial charge in [0.25, 0.3) is 0 Å². The topological polar surface area (TPSA) is 29.5 Å². The van der Waals surface area contributed by atoms with Crippen molar-refractivity contribution in [3.63, 3.8) is 0 Å². The number of aliphatic hydroxyl groups excluding tert-OH is 1. The second-order valence-electron chi connectivity index (χ2n) is 5.01. The number of benzene rings is 1. The number of thioether (sulfide) groups is 1. The van der Waals surface area contributed by atoms with E-state index in [0.717, 1.165) is 12.2 Å². The van der Waals surface area contributed by atoms with Crippen LogP contribution < -0.4 is 4.74 Å². The maximum Gasteiger partial charge on any atom is 0.128 e. The van der Waals surface area contributed by atoms with Gasteiger partial charge in [-0.05, 0) is 18.6 Å². The fourth-order valence-corrected chi connectivity index (χ4v) is 4.06. The van der Waals surface area contributed by atoms with E-state index in [2.05, 4.69) is 6.92 Å². The van der Waals surface area contributed by atoms with Crippen LogP contribution >= 0.6 is 11.8 Å². The first-order valence-electron chi connectivity index (χ1n) is 5.86. The van der Waals surface area contributed by atoms with E-state index in [1.807, 2.05) is 11.8 Å². The highest BCUT2D eigenvalue weighted by Crippen LogP contribution is 2.48. The van der Waals surface area contributed by atoms with Crippen molar-refractivity contribution >= 4 is 11.8 Å². The van der Waals surface area contributed by atoms with E-state index in [9.17, 15) is 9.50 Å². The van der Waals surface area contributed by atoms with E-state index < -0.39 is 6.10 Å². The number of rotatable bonds is 0. The lowest BCUT2D eigenvalue weighted by Crippen LogP contribution is -2.41. The summed E-state index contributed by atoms with van der Waals surface area (Å²) in [5, 5.41) is 10.7. The molecule has 3 unspecified atom stereocenters. The molecule has 1 saturated heterocycles. The maximum atomic E-state index is 13.2. The molecule has 0 aromatic heterocycles. The van der Waals surface area contributed by atoms with Crippen LogP contribution in [0.3, 0.4) is 0 Å². The van der Waals surface area contributed by atoms with Gasteiger partial charge in [0.2, 0.25) is 0 Å².